The smallest absolute Gasteiger partial charge is 0.184 e. The third-order valence-corrected chi connectivity index (χ3v) is 2.63. The first-order valence-corrected chi connectivity index (χ1v) is 4.98. The maximum Gasteiger partial charge on any atom is 0.184 e. The summed E-state index contributed by atoms with van der Waals surface area (Å²) in [5.41, 5.74) is 8.69. The molecule has 0 unspecified atom stereocenters. The molecule has 0 aromatic carbocycles. The zero-order valence-corrected chi connectivity index (χ0v) is 9.13. The molecule has 0 spiro atoms. The number of rotatable bonds is 2. The van der Waals surface area contributed by atoms with E-state index in [-0.39, 0.29) is 5.11 Å². The van der Waals surface area contributed by atoms with Crippen molar-refractivity contribution in [2.24, 2.45) is 10.8 Å². The van der Waals surface area contributed by atoms with E-state index in [2.05, 4.69) is 35.7 Å². The van der Waals surface area contributed by atoms with Crippen LogP contribution in [0.15, 0.2) is 17.2 Å². The molecule has 0 amide bonds. The third-order valence-electron chi connectivity index (χ3n) is 1.43. The number of hydrazone groups is 1. The highest BCUT2D eigenvalue weighted by molar-refractivity contribution is 7.80. The maximum absolute atomic E-state index is 5.24. The van der Waals surface area contributed by atoms with Gasteiger partial charge < -0.3 is 5.73 Å². The highest BCUT2D eigenvalue weighted by Crippen LogP contribution is 2.15. The minimum Gasteiger partial charge on any atom is -0.375 e. The van der Waals surface area contributed by atoms with Gasteiger partial charge in [0, 0.05) is 4.88 Å². The molecule has 0 bridgehead atoms. The van der Waals surface area contributed by atoms with Gasteiger partial charge in [0.2, 0.25) is 0 Å². The Morgan fingerprint density at radius 3 is 2.77 bits per heavy atom. The van der Waals surface area contributed by atoms with Crippen molar-refractivity contribution in [2.45, 2.75) is 13.8 Å². The van der Waals surface area contributed by atoms with Crippen molar-refractivity contribution in [3.63, 3.8) is 0 Å². The van der Waals surface area contributed by atoms with Crippen molar-refractivity contribution in [1.82, 2.24) is 5.43 Å². The van der Waals surface area contributed by atoms with E-state index in [4.69, 9.17) is 5.73 Å². The van der Waals surface area contributed by atoms with E-state index in [0.717, 1.165) is 10.6 Å². The van der Waals surface area contributed by atoms with Gasteiger partial charge in [-0.1, -0.05) is 0 Å². The topological polar surface area (TPSA) is 50.4 Å². The molecule has 0 saturated carbocycles. The Bertz CT molecular complexity index is 341. The Hall–Kier alpha value is -0.940. The van der Waals surface area contributed by atoms with Crippen LogP contribution < -0.4 is 11.2 Å². The first-order valence-electron chi connectivity index (χ1n) is 3.76. The van der Waals surface area contributed by atoms with Crippen LogP contribution in [0.5, 0.6) is 0 Å². The number of hydrogen-bond donors (Lipinski definition) is 2. The number of thiocarbonyl (C=S) groups is 1. The number of nitrogens with zero attached hydrogens (tertiary/aromatic N) is 1. The van der Waals surface area contributed by atoms with Gasteiger partial charge in [-0.2, -0.15) is 5.10 Å². The van der Waals surface area contributed by atoms with E-state index in [1.807, 2.05) is 13.0 Å². The van der Waals surface area contributed by atoms with Crippen LogP contribution in [0.4, 0.5) is 0 Å². The van der Waals surface area contributed by atoms with Gasteiger partial charge in [-0.05, 0) is 38.2 Å². The SMILES string of the molecule is CC(=NNC(N)=S)c1ccc(C)s1. The van der Waals surface area contributed by atoms with Gasteiger partial charge in [-0.15, -0.1) is 11.3 Å². The summed E-state index contributed by atoms with van der Waals surface area (Å²) in [6.45, 7) is 3.97. The standard InChI is InChI=1S/C8H11N3S2/c1-5-3-4-7(13-5)6(2)10-11-8(9)12/h3-4H,1-2H3,(H3,9,11,12). The fraction of sp³-hybridized carbons (Fsp3) is 0.250. The van der Waals surface area contributed by atoms with Crippen LogP contribution in [0.25, 0.3) is 0 Å². The molecule has 3 N–H and O–H groups in total. The van der Waals surface area contributed by atoms with Crippen LogP contribution in [0.2, 0.25) is 0 Å². The summed E-state index contributed by atoms with van der Waals surface area (Å²) in [6, 6.07) is 4.08. The minimum absolute atomic E-state index is 0.188. The zero-order chi connectivity index (χ0) is 9.84. The van der Waals surface area contributed by atoms with Gasteiger partial charge in [0.15, 0.2) is 5.11 Å². The van der Waals surface area contributed by atoms with Crippen LogP contribution in [0.3, 0.4) is 0 Å². The first kappa shape index (κ1) is 10.1. The van der Waals surface area contributed by atoms with E-state index >= 15 is 0 Å². The molecule has 0 fully saturated rings. The molecule has 1 aromatic rings. The van der Waals surface area contributed by atoms with Crippen LogP contribution in [-0.2, 0) is 0 Å². The molecule has 5 heteroatoms. The van der Waals surface area contributed by atoms with Gasteiger partial charge in [-0.3, -0.25) is 5.43 Å². The molecule has 0 aliphatic carbocycles. The molecular weight excluding hydrogens is 202 g/mol. The van der Waals surface area contributed by atoms with Gasteiger partial charge >= 0.3 is 0 Å². The van der Waals surface area contributed by atoms with Crippen molar-refractivity contribution in [3.8, 4) is 0 Å². The normalized spacial score (nSPS) is 11.4. The number of nitrogens with one attached hydrogen (secondary N) is 1. The lowest BCUT2D eigenvalue weighted by Crippen LogP contribution is -2.25. The molecule has 0 saturated heterocycles. The lowest BCUT2D eigenvalue weighted by molar-refractivity contribution is 1.03. The summed E-state index contributed by atoms with van der Waals surface area (Å²) in [6.07, 6.45) is 0. The number of thiophene rings is 1. The summed E-state index contributed by atoms with van der Waals surface area (Å²) in [7, 11) is 0. The second kappa shape index (κ2) is 4.34. The summed E-state index contributed by atoms with van der Waals surface area (Å²) in [5.74, 6) is 0. The van der Waals surface area contributed by atoms with E-state index in [9.17, 15) is 0 Å². The highest BCUT2D eigenvalue weighted by atomic mass is 32.1. The van der Waals surface area contributed by atoms with Crippen LogP contribution in [0, 0.1) is 6.92 Å². The average Bonchev–Trinajstić information content (AvgIpc) is 2.47. The Labute approximate surface area is 86.6 Å². The van der Waals surface area contributed by atoms with Gasteiger partial charge in [-0.25, -0.2) is 0 Å². The van der Waals surface area contributed by atoms with Gasteiger partial charge in [0.1, 0.15) is 0 Å². The molecule has 0 radical (unpaired) electrons. The van der Waals surface area contributed by atoms with E-state index in [1.54, 1.807) is 11.3 Å². The van der Waals surface area contributed by atoms with E-state index in [1.165, 1.54) is 4.88 Å². The molecule has 0 aliphatic rings. The Morgan fingerprint density at radius 1 is 1.62 bits per heavy atom. The van der Waals surface area contributed by atoms with Crippen LogP contribution >= 0.6 is 23.6 Å². The molecule has 1 aromatic heterocycles. The van der Waals surface area contributed by atoms with Crippen LogP contribution in [0.1, 0.15) is 16.7 Å². The largest absolute Gasteiger partial charge is 0.375 e. The second-order valence-corrected chi connectivity index (χ2v) is 4.31. The number of aryl methyl sites for hydroxylation is 1. The third kappa shape index (κ3) is 3.12. The predicted octanol–water partition coefficient (Wildman–Crippen LogP) is 1.61. The molecule has 70 valence electrons. The molecule has 1 heterocycles. The number of hydrogen-bond acceptors (Lipinski definition) is 3. The lowest BCUT2D eigenvalue weighted by atomic mass is 10.3. The fourth-order valence-electron chi connectivity index (χ4n) is 0.823. The van der Waals surface area contributed by atoms with E-state index in [0.29, 0.717) is 0 Å². The predicted molar refractivity (Wildman–Crippen MR) is 61.2 cm³/mol. The molecule has 0 atom stereocenters. The molecule has 3 nitrogen and oxygen atoms in total. The van der Waals surface area contributed by atoms with Crippen molar-refractivity contribution < 1.29 is 0 Å². The van der Waals surface area contributed by atoms with E-state index < -0.39 is 0 Å². The molecule has 1 rings (SSSR count). The summed E-state index contributed by atoms with van der Waals surface area (Å²) < 4.78 is 0. The lowest BCUT2D eigenvalue weighted by Gasteiger charge is -1.97. The fourth-order valence-corrected chi connectivity index (χ4v) is 1.68. The van der Waals surface area contributed by atoms with Crippen molar-refractivity contribution >= 4 is 34.4 Å². The van der Waals surface area contributed by atoms with Crippen LogP contribution in [-0.4, -0.2) is 10.8 Å². The van der Waals surface area contributed by atoms with Crippen molar-refractivity contribution in [2.75, 3.05) is 0 Å². The zero-order valence-electron chi connectivity index (χ0n) is 7.50. The van der Waals surface area contributed by atoms with Gasteiger partial charge in [0.25, 0.3) is 0 Å². The first-order chi connectivity index (χ1) is 6.09. The summed E-state index contributed by atoms with van der Waals surface area (Å²) in [4.78, 5) is 2.39. The Balaban J connectivity index is 2.72. The number of nitrogens with two attached hydrogens (primary N) is 1. The monoisotopic (exact) mass is 213 g/mol. The summed E-state index contributed by atoms with van der Waals surface area (Å²) in [5, 5.41) is 4.21. The Kier molecular flexibility index (Phi) is 3.39. The molecular formula is C8H11N3S2. The molecule has 13 heavy (non-hydrogen) atoms. The minimum atomic E-state index is 0.188. The Morgan fingerprint density at radius 2 is 2.31 bits per heavy atom. The van der Waals surface area contributed by atoms with Crippen molar-refractivity contribution in [1.29, 1.82) is 0 Å². The molecule has 0 aliphatic heterocycles. The summed E-state index contributed by atoms with van der Waals surface area (Å²) >= 11 is 6.32. The average molecular weight is 213 g/mol. The van der Waals surface area contributed by atoms with Crippen molar-refractivity contribution in [3.05, 3.63) is 21.9 Å². The highest BCUT2D eigenvalue weighted by Gasteiger charge is 1.99. The second-order valence-electron chi connectivity index (χ2n) is 2.58. The maximum atomic E-state index is 5.24. The van der Waals surface area contributed by atoms with Gasteiger partial charge in [0.05, 0.1) is 10.6 Å². The quantitative estimate of drug-likeness (QED) is 0.446.